The summed E-state index contributed by atoms with van der Waals surface area (Å²) in [5.41, 5.74) is 9.00. The molecule has 0 aliphatic carbocycles. The second-order valence-corrected chi connectivity index (χ2v) is 2.62. The molecule has 1 rings (SSSR count). The molecule has 92 valence electrons. The predicted octanol–water partition coefficient (Wildman–Crippen LogP) is -4.64. The van der Waals surface area contributed by atoms with Gasteiger partial charge < -0.3 is 15.0 Å². The fraction of sp³-hybridized carbons (Fsp3) is 0. The highest BCUT2D eigenvalue weighted by atomic mass is 16.4. The molecule has 1 aromatic heterocycles. The maximum Gasteiger partial charge on any atom is 0.360 e. The Morgan fingerprint density at radius 2 is 1.94 bits per heavy atom. The zero-order chi connectivity index (χ0) is 13.4. The number of pyridine rings is 1. The predicted molar refractivity (Wildman–Crippen MR) is 54.1 cm³/mol. The summed E-state index contributed by atoms with van der Waals surface area (Å²) in [5, 5.41) is 20.7. The largest absolute Gasteiger partial charge is 0.545 e. The van der Waals surface area contributed by atoms with Gasteiger partial charge >= 0.3 is 11.9 Å². The molecule has 0 unspecified atom stereocenters. The number of carboxylic acids is 2. The number of aromatic carboxylic acids is 2. The first-order valence-corrected chi connectivity index (χ1v) is 4.13. The number of carbonyl (C=O) groups excluding carboxylic acids is 1. The molecular formula is C8H11N5O4. The minimum absolute atomic E-state index is 0.0324. The van der Waals surface area contributed by atoms with Gasteiger partial charge in [0.2, 0.25) is 0 Å². The Balaban J connectivity index is 0.000000437. The van der Waals surface area contributed by atoms with Gasteiger partial charge in [-0.25, -0.2) is 9.78 Å². The molecule has 9 nitrogen and oxygen atoms in total. The Morgan fingerprint density at radius 1 is 1.41 bits per heavy atom. The van der Waals surface area contributed by atoms with Crippen LogP contribution in [0.15, 0.2) is 18.3 Å². The number of hydrazone groups is 1. The van der Waals surface area contributed by atoms with E-state index < -0.39 is 11.9 Å². The van der Waals surface area contributed by atoms with Gasteiger partial charge in [0.15, 0.2) is 0 Å². The number of hydrazine groups is 1. The number of hydrogen-bond acceptors (Lipinski definition) is 5. The number of aromatic nitrogens is 1. The number of nitrogens with one attached hydrogen (secondary N) is 1. The van der Waals surface area contributed by atoms with E-state index in [0.717, 1.165) is 12.3 Å². The SMILES string of the molecule is N[NH+]=C(N)N.O=C([O-])c1ccnc(C(=O)O)c1. The van der Waals surface area contributed by atoms with Crippen molar-refractivity contribution in [1.82, 2.24) is 4.98 Å². The van der Waals surface area contributed by atoms with Crippen molar-refractivity contribution >= 4 is 17.9 Å². The van der Waals surface area contributed by atoms with E-state index in [9.17, 15) is 14.7 Å². The summed E-state index contributed by atoms with van der Waals surface area (Å²) >= 11 is 0. The van der Waals surface area contributed by atoms with Crippen molar-refractivity contribution in [2.45, 2.75) is 0 Å². The minimum Gasteiger partial charge on any atom is -0.545 e. The summed E-state index contributed by atoms with van der Waals surface area (Å²) in [6.07, 6.45) is 1.11. The van der Waals surface area contributed by atoms with Crippen molar-refractivity contribution in [3.05, 3.63) is 29.6 Å². The molecule has 0 aliphatic heterocycles. The molecule has 0 fully saturated rings. The van der Waals surface area contributed by atoms with E-state index in [1.165, 1.54) is 6.07 Å². The molecule has 8 N–H and O–H groups in total. The van der Waals surface area contributed by atoms with E-state index in [1.807, 2.05) is 5.10 Å². The van der Waals surface area contributed by atoms with E-state index in [0.29, 0.717) is 0 Å². The van der Waals surface area contributed by atoms with Crippen LogP contribution in [-0.2, 0) is 0 Å². The quantitative estimate of drug-likeness (QED) is 0.148. The molecule has 9 heteroatoms. The number of carboxylic acid groups (broad SMARTS) is 2. The summed E-state index contributed by atoms with van der Waals surface area (Å²) < 4.78 is 0. The lowest BCUT2D eigenvalue weighted by atomic mass is 10.2. The summed E-state index contributed by atoms with van der Waals surface area (Å²) in [4.78, 5) is 24.0. The normalized spacial score (nSPS) is 8.47. The fourth-order valence-electron chi connectivity index (χ4n) is 0.674. The van der Waals surface area contributed by atoms with Crippen LogP contribution in [0.1, 0.15) is 20.8 Å². The summed E-state index contributed by atoms with van der Waals surface area (Å²) in [5.74, 6) is 1.98. The second-order valence-electron chi connectivity index (χ2n) is 2.62. The van der Waals surface area contributed by atoms with Gasteiger partial charge in [-0.15, -0.1) is 0 Å². The average Bonchev–Trinajstić information content (AvgIpc) is 2.29. The topological polar surface area (TPSA) is 182 Å². The first-order chi connectivity index (χ1) is 7.88. The highest BCUT2D eigenvalue weighted by Crippen LogP contribution is 1.99. The second kappa shape index (κ2) is 6.61. The van der Waals surface area contributed by atoms with Crippen LogP contribution in [0, 0.1) is 0 Å². The molecule has 0 atom stereocenters. The van der Waals surface area contributed by atoms with Crippen molar-refractivity contribution in [1.29, 1.82) is 0 Å². The smallest absolute Gasteiger partial charge is 0.360 e. The number of hydrogen-bond donors (Lipinski definition) is 5. The molecule has 0 spiro atoms. The van der Waals surface area contributed by atoms with Gasteiger partial charge in [0, 0.05) is 11.8 Å². The van der Waals surface area contributed by atoms with Crippen LogP contribution in [-0.4, -0.2) is 28.0 Å². The number of guanidine groups is 1. The van der Waals surface area contributed by atoms with Gasteiger partial charge in [-0.1, -0.05) is 0 Å². The standard InChI is InChI=1S/C7H5NO4.CH6N4/c9-6(10)4-1-2-8-5(3-4)7(11)12;2-1(3)5-4/h1-3H,(H,9,10)(H,11,12);4H2,(H4,2,3,5). The summed E-state index contributed by atoms with van der Waals surface area (Å²) in [6, 6.07) is 2.11. The lowest BCUT2D eigenvalue weighted by Crippen LogP contribution is -2.84. The zero-order valence-corrected chi connectivity index (χ0v) is 8.58. The third-order valence-corrected chi connectivity index (χ3v) is 1.38. The van der Waals surface area contributed by atoms with E-state index in [4.69, 9.17) is 16.6 Å². The maximum atomic E-state index is 10.3. The summed E-state index contributed by atoms with van der Waals surface area (Å²) in [7, 11) is 0. The van der Waals surface area contributed by atoms with Gasteiger partial charge in [-0.05, 0) is 12.1 Å². The lowest BCUT2D eigenvalue weighted by molar-refractivity contribution is -0.471. The van der Waals surface area contributed by atoms with E-state index in [1.54, 1.807) is 0 Å². The van der Waals surface area contributed by atoms with Crippen molar-refractivity contribution in [2.24, 2.45) is 17.3 Å². The maximum absolute atomic E-state index is 10.3. The fourth-order valence-corrected chi connectivity index (χ4v) is 0.674. The Hall–Kier alpha value is -2.84. The van der Waals surface area contributed by atoms with Crippen LogP contribution in [0.5, 0.6) is 0 Å². The van der Waals surface area contributed by atoms with Gasteiger partial charge in [0.05, 0.1) is 5.97 Å². The van der Waals surface area contributed by atoms with Crippen LogP contribution in [0.25, 0.3) is 0 Å². The molecule has 0 aliphatic rings. The molecular weight excluding hydrogens is 230 g/mol. The highest BCUT2D eigenvalue weighted by Gasteiger charge is 2.04. The first kappa shape index (κ1) is 14.2. The van der Waals surface area contributed by atoms with Crippen molar-refractivity contribution in [3.8, 4) is 0 Å². The number of rotatable bonds is 2. The molecule has 0 bridgehead atoms. The van der Waals surface area contributed by atoms with E-state index in [2.05, 4.69) is 10.8 Å². The Kier molecular flexibility index (Phi) is 5.50. The number of carbonyl (C=O) groups is 2. The van der Waals surface area contributed by atoms with Gasteiger partial charge in [0.1, 0.15) is 5.69 Å². The molecule has 1 heterocycles. The Morgan fingerprint density at radius 3 is 2.29 bits per heavy atom. The third kappa shape index (κ3) is 5.57. The highest BCUT2D eigenvalue weighted by molar-refractivity contribution is 5.91. The van der Waals surface area contributed by atoms with Crippen LogP contribution >= 0.6 is 0 Å². The van der Waals surface area contributed by atoms with Gasteiger partial charge in [-0.2, -0.15) is 5.10 Å². The number of nitrogens with two attached hydrogens (primary N) is 3. The van der Waals surface area contributed by atoms with Crippen LogP contribution < -0.4 is 27.5 Å². The molecule has 0 amide bonds. The van der Waals surface area contributed by atoms with Gasteiger partial charge in [0.25, 0.3) is 0 Å². The summed E-state index contributed by atoms with van der Waals surface area (Å²) in [6.45, 7) is 0. The molecule has 0 aromatic carbocycles. The molecule has 0 saturated heterocycles. The molecule has 17 heavy (non-hydrogen) atoms. The van der Waals surface area contributed by atoms with Crippen LogP contribution in [0.2, 0.25) is 0 Å². The first-order valence-electron chi connectivity index (χ1n) is 4.13. The average molecular weight is 241 g/mol. The van der Waals surface area contributed by atoms with E-state index in [-0.39, 0.29) is 17.2 Å². The zero-order valence-electron chi connectivity index (χ0n) is 8.58. The molecule has 0 radical (unpaired) electrons. The monoisotopic (exact) mass is 241 g/mol. The van der Waals surface area contributed by atoms with Crippen LogP contribution in [0.3, 0.4) is 0 Å². The van der Waals surface area contributed by atoms with Crippen molar-refractivity contribution in [3.63, 3.8) is 0 Å². The number of nitrogens with zero attached hydrogens (tertiary/aromatic N) is 1. The minimum atomic E-state index is -1.42. The molecule has 1 aromatic rings. The van der Waals surface area contributed by atoms with Crippen molar-refractivity contribution in [2.75, 3.05) is 0 Å². The Labute approximate surface area is 95.5 Å². The molecule has 0 saturated carbocycles. The van der Waals surface area contributed by atoms with E-state index >= 15 is 0 Å². The Bertz CT molecular complexity index is 412. The lowest BCUT2D eigenvalue weighted by Gasteiger charge is -2.01. The van der Waals surface area contributed by atoms with Crippen LogP contribution in [0.4, 0.5) is 0 Å². The van der Waals surface area contributed by atoms with Crippen molar-refractivity contribution < 1.29 is 24.9 Å². The third-order valence-electron chi connectivity index (χ3n) is 1.38. The van der Waals surface area contributed by atoms with Gasteiger partial charge in [-0.3, -0.25) is 17.3 Å².